The van der Waals surface area contributed by atoms with Gasteiger partial charge in [0.15, 0.2) is 5.96 Å². The molecule has 0 aromatic carbocycles. The highest BCUT2D eigenvalue weighted by Crippen LogP contribution is 2.28. The highest BCUT2D eigenvalue weighted by molar-refractivity contribution is 14.0. The maximum absolute atomic E-state index is 5.98. The number of guanidine groups is 1. The molecule has 1 unspecified atom stereocenters. The van der Waals surface area contributed by atoms with Gasteiger partial charge in [-0.1, -0.05) is 19.3 Å². The Bertz CT molecular complexity index is 423. The standard InChI is InChI=1S/C21H42N4O2.HI/c1-22-21(23-17-20(24(2)3)18-9-6-5-7-10-18)25-13-11-19(12-14-25)27-16-8-15-26-4;/h18-20H,5-17H2,1-4H3,(H,22,23);1H. The number of ether oxygens (including phenoxy) is 2. The van der Waals surface area contributed by atoms with Crippen molar-refractivity contribution in [3.8, 4) is 0 Å². The third-order valence-corrected chi connectivity index (χ3v) is 6.13. The zero-order chi connectivity index (χ0) is 19.5. The molecule has 1 aliphatic carbocycles. The predicted octanol–water partition coefficient (Wildman–Crippen LogP) is 3.21. The molecule has 0 spiro atoms. The molecule has 28 heavy (non-hydrogen) atoms. The number of aliphatic imine (C=N–C) groups is 1. The van der Waals surface area contributed by atoms with Crippen molar-refractivity contribution in [2.45, 2.75) is 63.5 Å². The van der Waals surface area contributed by atoms with Crippen LogP contribution in [-0.4, -0.2) is 89.0 Å². The van der Waals surface area contributed by atoms with E-state index in [9.17, 15) is 0 Å². The highest BCUT2D eigenvalue weighted by atomic mass is 127. The van der Waals surface area contributed by atoms with Crippen molar-refractivity contribution in [1.82, 2.24) is 15.1 Å². The lowest BCUT2D eigenvalue weighted by Gasteiger charge is -2.37. The number of piperidine rings is 1. The number of nitrogens with one attached hydrogen (secondary N) is 1. The molecule has 2 rings (SSSR count). The normalized spacial score (nSPS) is 20.9. The Labute approximate surface area is 189 Å². The minimum atomic E-state index is 0. The van der Waals surface area contributed by atoms with Crippen molar-refractivity contribution in [3.05, 3.63) is 0 Å². The Morgan fingerprint density at radius 1 is 1.11 bits per heavy atom. The van der Waals surface area contributed by atoms with Gasteiger partial charge in [0.05, 0.1) is 6.10 Å². The summed E-state index contributed by atoms with van der Waals surface area (Å²) in [5.41, 5.74) is 0. The molecule has 0 amide bonds. The summed E-state index contributed by atoms with van der Waals surface area (Å²) in [6.07, 6.45) is 10.4. The molecule has 1 saturated heterocycles. The van der Waals surface area contributed by atoms with E-state index in [1.165, 1.54) is 32.1 Å². The Morgan fingerprint density at radius 2 is 1.79 bits per heavy atom. The van der Waals surface area contributed by atoms with Gasteiger partial charge in [0.25, 0.3) is 0 Å². The molecule has 1 N–H and O–H groups in total. The fourth-order valence-corrected chi connectivity index (χ4v) is 4.51. The second kappa shape index (κ2) is 14.8. The number of rotatable bonds is 9. The van der Waals surface area contributed by atoms with Crippen LogP contribution in [0, 0.1) is 5.92 Å². The van der Waals surface area contributed by atoms with E-state index in [4.69, 9.17) is 9.47 Å². The SMILES string of the molecule is CN=C(NCC(C1CCCCC1)N(C)C)N1CCC(OCCCOC)CC1.I. The first kappa shape index (κ1) is 25.9. The summed E-state index contributed by atoms with van der Waals surface area (Å²) in [5, 5.41) is 3.67. The summed E-state index contributed by atoms with van der Waals surface area (Å²) in [5.74, 6) is 1.86. The number of methoxy groups -OCH3 is 1. The predicted molar refractivity (Wildman–Crippen MR) is 128 cm³/mol. The first-order chi connectivity index (χ1) is 13.2. The zero-order valence-electron chi connectivity index (χ0n) is 18.5. The van der Waals surface area contributed by atoms with Gasteiger partial charge in [0.2, 0.25) is 0 Å². The number of hydrogen-bond acceptors (Lipinski definition) is 4. The van der Waals surface area contributed by atoms with Crippen molar-refractivity contribution in [2.75, 3.05) is 61.1 Å². The van der Waals surface area contributed by atoms with Gasteiger partial charge in [-0.2, -0.15) is 0 Å². The van der Waals surface area contributed by atoms with Crippen molar-refractivity contribution >= 4 is 29.9 Å². The lowest BCUT2D eigenvalue weighted by atomic mass is 9.83. The van der Waals surface area contributed by atoms with Crippen LogP contribution in [0.2, 0.25) is 0 Å². The van der Waals surface area contributed by atoms with Crippen LogP contribution in [0.3, 0.4) is 0 Å². The summed E-state index contributed by atoms with van der Waals surface area (Å²) >= 11 is 0. The first-order valence-corrected chi connectivity index (χ1v) is 10.9. The maximum atomic E-state index is 5.98. The van der Waals surface area contributed by atoms with E-state index in [0.717, 1.165) is 64.0 Å². The molecule has 1 saturated carbocycles. The summed E-state index contributed by atoms with van der Waals surface area (Å²) in [4.78, 5) is 9.35. The van der Waals surface area contributed by atoms with Crippen LogP contribution in [0.4, 0.5) is 0 Å². The fourth-order valence-electron chi connectivity index (χ4n) is 4.51. The van der Waals surface area contributed by atoms with Gasteiger partial charge >= 0.3 is 0 Å². The van der Waals surface area contributed by atoms with Crippen molar-refractivity contribution in [2.24, 2.45) is 10.9 Å². The number of hydrogen-bond donors (Lipinski definition) is 1. The molecule has 2 aliphatic rings. The molecule has 1 heterocycles. The molecule has 1 atom stereocenters. The second-order valence-corrected chi connectivity index (χ2v) is 8.26. The minimum Gasteiger partial charge on any atom is -0.385 e. The van der Waals surface area contributed by atoms with Crippen LogP contribution >= 0.6 is 24.0 Å². The van der Waals surface area contributed by atoms with E-state index >= 15 is 0 Å². The monoisotopic (exact) mass is 510 g/mol. The smallest absolute Gasteiger partial charge is 0.193 e. The lowest BCUT2D eigenvalue weighted by Crippen LogP contribution is -2.51. The lowest BCUT2D eigenvalue weighted by molar-refractivity contribution is 0.00983. The third kappa shape index (κ3) is 8.71. The average molecular weight is 511 g/mol. The molecule has 0 bridgehead atoms. The van der Waals surface area contributed by atoms with Gasteiger partial charge in [-0.05, 0) is 52.1 Å². The topological polar surface area (TPSA) is 49.3 Å². The van der Waals surface area contributed by atoms with Gasteiger partial charge in [0.1, 0.15) is 0 Å². The van der Waals surface area contributed by atoms with Gasteiger partial charge in [-0.3, -0.25) is 4.99 Å². The van der Waals surface area contributed by atoms with Crippen molar-refractivity contribution < 1.29 is 9.47 Å². The Balaban J connectivity index is 0.00000392. The molecule has 0 radical (unpaired) electrons. The number of likely N-dealkylation sites (tertiary alicyclic amines) is 1. The van der Waals surface area contributed by atoms with Crippen LogP contribution in [0.15, 0.2) is 4.99 Å². The molecule has 1 aliphatic heterocycles. The molecular weight excluding hydrogens is 467 g/mol. The maximum Gasteiger partial charge on any atom is 0.193 e. The Kier molecular flexibility index (Phi) is 13.7. The van der Waals surface area contributed by atoms with Crippen molar-refractivity contribution in [1.29, 1.82) is 0 Å². The van der Waals surface area contributed by atoms with Crippen LogP contribution < -0.4 is 5.32 Å². The molecule has 7 heteroatoms. The quantitative estimate of drug-likeness (QED) is 0.224. The van der Waals surface area contributed by atoms with E-state index in [-0.39, 0.29) is 24.0 Å². The molecule has 6 nitrogen and oxygen atoms in total. The van der Waals surface area contributed by atoms with Crippen molar-refractivity contribution in [3.63, 3.8) is 0 Å². The summed E-state index contributed by atoms with van der Waals surface area (Å²) < 4.78 is 11.1. The van der Waals surface area contributed by atoms with E-state index in [1.807, 2.05) is 7.05 Å². The van der Waals surface area contributed by atoms with Crippen LogP contribution in [-0.2, 0) is 9.47 Å². The zero-order valence-corrected chi connectivity index (χ0v) is 20.8. The second-order valence-electron chi connectivity index (χ2n) is 8.26. The molecular formula is C21H43IN4O2. The minimum absolute atomic E-state index is 0. The Morgan fingerprint density at radius 3 is 2.36 bits per heavy atom. The molecule has 0 aromatic rings. The fraction of sp³-hybridized carbons (Fsp3) is 0.952. The number of likely N-dealkylation sites (N-methyl/N-ethyl adjacent to an activating group) is 1. The summed E-state index contributed by atoms with van der Waals surface area (Å²) in [6, 6.07) is 0.587. The van der Waals surface area contributed by atoms with Gasteiger partial charge in [-0.25, -0.2) is 0 Å². The van der Waals surface area contributed by atoms with E-state index in [0.29, 0.717) is 12.1 Å². The summed E-state index contributed by atoms with van der Waals surface area (Å²) in [7, 11) is 8.08. The van der Waals surface area contributed by atoms with Crippen LogP contribution in [0.5, 0.6) is 0 Å². The van der Waals surface area contributed by atoms with Gasteiger partial charge in [0, 0.05) is 53.0 Å². The first-order valence-electron chi connectivity index (χ1n) is 10.9. The largest absolute Gasteiger partial charge is 0.385 e. The van der Waals surface area contributed by atoms with Crippen LogP contribution in [0.25, 0.3) is 0 Å². The highest BCUT2D eigenvalue weighted by Gasteiger charge is 2.27. The Hall–Kier alpha value is -0.120. The number of nitrogens with zero attached hydrogens (tertiary/aromatic N) is 3. The molecule has 0 aromatic heterocycles. The van der Waals surface area contributed by atoms with E-state index in [1.54, 1.807) is 7.11 Å². The van der Waals surface area contributed by atoms with E-state index in [2.05, 4.69) is 34.2 Å². The van der Waals surface area contributed by atoms with Crippen LogP contribution in [0.1, 0.15) is 51.4 Å². The molecule has 2 fully saturated rings. The average Bonchev–Trinajstić information content (AvgIpc) is 2.70. The summed E-state index contributed by atoms with van der Waals surface area (Å²) in [6.45, 7) is 4.61. The van der Waals surface area contributed by atoms with E-state index < -0.39 is 0 Å². The number of halogens is 1. The third-order valence-electron chi connectivity index (χ3n) is 6.13. The molecule has 166 valence electrons. The van der Waals surface area contributed by atoms with Gasteiger partial charge < -0.3 is 24.6 Å². The van der Waals surface area contributed by atoms with Gasteiger partial charge in [-0.15, -0.1) is 24.0 Å².